The van der Waals surface area contributed by atoms with Gasteiger partial charge >= 0.3 is 5.97 Å². The number of nitrogens with one attached hydrogen (secondary N) is 1. The molecule has 0 radical (unpaired) electrons. The van der Waals surface area contributed by atoms with Gasteiger partial charge in [-0.3, -0.25) is 15.1 Å². The van der Waals surface area contributed by atoms with Crippen LogP contribution in [0.25, 0.3) is 22.3 Å². The summed E-state index contributed by atoms with van der Waals surface area (Å²) in [6, 6.07) is 13.0. The van der Waals surface area contributed by atoms with Crippen LogP contribution in [0.2, 0.25) is 0 Å². The number of halogens is 1. The molecule has 1 unspecified atom stereocenters. The van der Waals surface area contributed by atoms with Gasteiger partial charge in [0, 0.05) is 10.9 Å². The van der Waals surface area contributed by atoms with E-state index in [1.165, 1.54) is 29.7 Å². The first-order valence-electron chi connectivity index (χ1n) is 9.48. The van der Waals surface area contributed by atoms with E-state index in [0.717, 1.165) is 5.56 Å². The number of rotatable bonds is 6. The number of nitrogens with zero attached hydrogens (tertiary/aromatic N) is 3. The standard InChI is InChI=1S/C22H17FN4O3S/c1-2-19(30-21(29)17-11-24-15-5-3-4-6-16(15)25-17)20(28)27-22-26-18(12-31-22)13-7-9-14(23)10-8-13/h3-12,19H,2H2,1H3,(H,26,27,28). The molecule has 2 aromatic carbocycles. The Balaban J connectivity index is 1.43. The SMILES string of the molecule is CCC(OC(=O)c1cnc2ccccc2n1)C(=O)Nc1nc(-c2ccc(F)cc2)cs1. The van der Waals surface area contributed by atoms with Crippen LogP contribution in [0.1, 0.15) is 23.8 Å². The van der Waals surface area contributed by atoms with Crippen LogP contribution >= 0.6 is 11.3 Å². The van der Waals surface area contributed by atoms with Gasteiger partial charge in [-0.2, -0.15) is 0 Å². The van der Waals surface area contributed by atoms with Gasteiger partial charge in [-0.25, -0.2) is 19.2 Å². The highest BCUT2D eigenvalue weighted by molar-refractivity contribution is 7.14. The maximum absolute atomic E-state index is 13.1. The number of hydrogen-bond donors (Lipinski definition) is 1. The van der Waals surface area contributed by atoms with Crippen molar-refractivity contribution in [2.45, 2.75) is 19.4 Å². The van der Waals surface area contributed by atoms with Gasteiger partial charge in [-0.1, -0.05) is 19.1 Å². The van der Waals surface area contributed by atoms with Crippen molar-refractivity contribution in [2.75, 3.05) is 5.32 Å². The van der Waals surface area contributed by atoms with E-state index in [1.807, 2.05) is 6.07 Å². The Morgan fingerprint density at radius 3 is 2.58 bits per heavy atom. The molecule has 0 fully saturated rings. The van der Waals surface area contributed by atoms with E-state index in [9.17, 15) is 14.0 Å². The molecule has 1 N–H and O–H groups in total. The molecule has 9 heteroatoms. The van der Waals surface area contributed by atoms with E-state index >= 15 is 0 Å². The van der Waals surface area contributed by atoms with Gasteiger partial charge in [-0.15, -0.1) is 11.3 Å². The fourth-order valence-electron chi connectivity index (χ4n) is 2.84. The van der Waals surface area contributed by atoms with Crippen LogP contribution in [0.15, 0.2) is 60.1 Å². The molecule has 1 amide bonds. The topological polar surface area (TPSA) is 94.1 Å². The number of thiazole rings is 1. The van der Waals surface area contributed by atoms with Crippen molar-refractivity contribution in [2.24, 2.45) is 0 Å². The lowest BCUT2D eigenvalue weighted by Crippen LogP contribution is -2.32. The van der Waals surface area contributed by atoms with Crippen molar-refractivity contribution in [3.8, 4) is 11.3 Å². The molecular formula is C22H17FN4O3S. The molecule has 31 heavy (non-hydrogen) atoms. The second-order valence-electron chi connectivity index (χ2n) is 6.58. The average molecular weight is 436 g/mol. The summed E-state index contributed by atoms with van der Waals surface area (Å²) in [7, 11) is 0. The van der Waals surface area contributed by atoms with Gasteiger partial charge in [0.25, 0.3) is 5.91 Å². The van der Waals surface area contributed by atoms with Crippen LogP contribution in [0, 0.1) is 5.82 Å². The number of benzene rings is 2. The molecule has 0 saturated carbocycles. The van der Waals surface area contributed by atoms with Crippen molar-refractivity contribution in [1.29, 1.82) is 0 Å². The molecule has 4 rings (SSSR count). The Morgan fingerprint density at radius 2 is 1.84 bits per heavy atom. The summed E-state index contributed by atoms with van der Waals surface area (Å²) in [6.45, 7) is 1.73. The number of amides is 1. The minimum atomic E-state index is -1.01. The summed E-state index contributed by atoms with van der Waals surface area (Å²) < 4.78 is 18.4. The number of hydrogen-bond acceptors (Lipinski definition) is 7. The largest absolute Gasteiger partial charge is 0.447 e. The Hall–Kier alpha value is -3.72. The molecule has 156 valence electrons. The van der Waals surface area contributed by atoms with E-state index in [2.05, 4.69) is 20.3 Å². The number of para-hydroxylation sites is 2. The minimum absolute atomic E-state index is 0.0257. The highest BCUT2D eigenvalue weighted by Crippen LogP contribution is 2.25. The summed E-state index contributed by atoms with van der Waals surface area (Å²) in [4.78, 5) is 37.9. The summed E-state index contributed by atoms with van der Waals surface area (Å²) in [5.74, 6) is -1.56. The molecular weight excluding hydrogens is 419 g/mol. The lowest BCUT2D eigenvalue weighted by atomic mass is 10.2. The monoisotopic (exact) mass is 436 g/mol. The van der Waals surface area contributed by atoms with Crippen molar-refractivity contribution in [3.63, 3.8) is 0 Å². The first-order valence-corrected chi connectivity index (χ1v) is 10.4. The predicted octanol–water partition coefficient (Wildman–Crippen LogP) is 4.47. The zero-order chi connectivity index (χ0) is 21.8. The number of aromatic nitrogens is 3. The summed E-state index contributed by atoms with van der Waals surface area (Å²) in [5.41, 5.74) is 2.58. The fourth-order valence-corrected chi connectivity index (χ4v) is 3.56. The molecule has 4 aromatic rings. The predicted molar refractivity (Wildman–Crippen MR) is 115 cm³/mol. The third kappa shape index (κ3) is 4.72. The first-order chi connectivity index (χ1) is 15.0. The van der Waals surface area contributed by atoms with Crippen molar-refractivity contribution in [1.82, 2.24) is 15.0 Å². The quantitative estimate of drug-likeness (QED) is 0.448. The van der Waals surface area contributed by atoms with Gasteiger partial charge in [0.05, 0.1) is 22.9 Å². The second kappa shape index (κ2) is 8.97. The maximum Gasteiger partial charge on any atom is 0.359 e. The number of esters is 1. The maximum atomic E-state index is 13.1. The zero-order valence-electron chi connectivity index (χ0n) is 16.4. The van der Waals surface area contributed by atoms with Crippen LogP contribution < -0.4 is 5.32 Å². The van der Waals surface area contributed by atoms with Gasteiger partial charge < -0.3 is 4.74 Å². The van der Waals surface area contributed by atoms with Gasteiger partial charge in [-0.05, 0) is 42.8 Å². The molecule has 0 aliphatic rings. The van der Waals surface area contributed by atoms with E-state index in [1.54, 1.807) is 42.6 Å². The lowest BCUT2D eigenvalue weighted by Gasteiger charge is -2.14. The van der Waals surface area contributed by atoms with E-state index in [4.69, 9.17) is 4.74 Å². The van der Waals surface area contributed by atoms with Crippen molar-refractivity contribution in [3.05, 3.63) is 71.6 Å². The smallest absolute Gasteiger partial charge is 0.359 e. The van der Waals surface area contributed by atoms with Crippen molar-refractivity contribution >= 4 is 39.4 Å². The minimum Gasteiger partial charge on any atom is -0.447 e. The number of fused-ring (bicyclic) bond motifs is 1. The van der Waals surface area contributed by atoms with E-state index in [-0.39, 0.29) is 17.9 Å². The number of anilines is 1. The van der Waals surface area contributed by atoms with Crippen LogP contribution in [-0.4, -0.2) is 32.9 Å². The third-order valence-electron chi connectivity index (χ3n) is 4.44. The molecule has 0 spiro atoms. The van der Waals surface area contributed by atoms with Gasteiger partial charge in [0.1, 0.15) is 5.82 Å². The molecule has 7 nitrogen and oxygen atoms in total. The summed E-state index contributed by atoms with van der Waals surface area (Å²) in [5, 5.41) is 4.76. The normalized spacial score (nSPS) is 11.8. The zero-order valence-corrected chi connectivity index (χ0v) is 17.2. The molecule has 1 atom stereocenters. The number of ether oxygens (including phenoxy) is 1. The lowest BCUT2D eigenvalue weighted by molar-refractivity contribution is -0.124. The Labute approximate surface area is 181 Å². The van der Waals surface area contributed by atoms with E-state index in [0.29, 0.717) is 21.9 Å². The molecule has 0 aliphatic carbocycles. The molecule has 0 aliphatic heterocycles. The molecule has 2 heterocycles. The highest BCUT2D eigenvalue weighted by atomic mass is 32.1. The van der Waals surface area contributed by atoms with Gasteiger partial charge in [0.15, 0.2) is 16.9 Å². The molecule has 0 bridgehead atoms. The van der Waals surface area contributed by atoms with Crippen LogP contribution in [-0.2, 0) is 9.53 Å². The average Bonchev–Trinajstić information content (AvgIpc) is 3.25. The molecule has 0 saturated heterocycles. The Bertz CT molecular complexity index is 1240. The Morgan fingerprint density at radius 1 is 1.10 bits per heavy atom. The van der Waals surface area contributed by atoms with Gasteiger partial charge in [0.2, 0.25) is 0 Å². The van der Waals surface area contributed by atoms with Crippen LogP contribution in [0.4, 0.5) is 9.52 Å². The highest BCUT2D eigenvalue weighted by Gasteiger charge is 2.24. The van der Waals surface area contributed by atoms with Crippen LogP contribution in [0.3, 0.4) is 0 Å². The van der Waals surface area contributed by atoms with Crippen molar-refractivity contribution < 1.29 is 18.7 Å². The Kier molecular flexibility index (Phi) is 5.94. The summed E-state index contributed by atoms with van der Waals surface area (Å²) in [6.07, 6.45) is 0.582. The summed E-state index contributed by atoms with van der Waals surface area (Å²) >= 11 is 1.22. The number of carbonyl (C=O) groups is 2. The fraction of sp³-hybridized carbons (Fsp3) is 0.136. The second-order valence-corrected chi connectivity index (χ2v) is 7.44. The number of carbonyl (C=O) groups excluding carboxylic acids is 2. The van der Waals surface area contributed by atoms with Crippen LogP contribution in [0.5, 0.6) is 0 Å². The first kappa shape index (κ1) is 20.5. The third-order valence-corrected chi connectivity index (χ3v) is 5.20. The molecule has 2 aromatic heterocycles. The van der Waals surface area contributed by atoms with E-state index < -0.39 is 18.0 Å².